The van der Waals surface area contributed by atoms with E-state index >= 15 is 0 Å². The van der Waals surface area contributed by atoms with Crippen molar-refractivity contribution in [2.24, 2.45) is 5.73 Å². The Kier molecular flexibility index (Phi) is 4.32. The van der Waals surface area contributed by atoms with Crippen LogP contribution in [0.2, 0.25) is 0 Å². The molecule has 1 aliphatic rings. The lowest BCUT2D eigenvalue weighted by atomic mass is 10.4. The first-order valence-corrected chi connectivity index (χ1v) is 7.32. The van der Waals surface area contributed by atoms with Crippen molar-refractivity contribution < 1.29 is 13.2 Å². The zero-order chi connectivity index (χ0) is 12.3. The van der Waals surface area contributed by atoms with Gasteiger partial charge in [0.05, 0.1) is 5.75 Å². The van der Waals surface area contributed by atoms with Crippen molar-refractivity contribution in [2.45, 2.75) is 38.0 Å². The van der Waals surface area contributed by atoms with Gasteiger partial charge in [-0.15, -0.1) is 0 Å². The number of carbonyl (C=O) groups excluding carboxylic acids is 1. The van der Waals surface area contributed by atoms with Gasteiger partial charge in [-0.05, 0) is 26.7 Å². The minimum atomic E-state index is -3.41. The molecule has 2 atom stereocenters. The van der Waals surface area contributed by atoms with E-state index in [1.165, 1.54) is 6.92 Å². The average Bonchev–Trinajstić information content (AvgIpc) is 2.66. The molecule has 1 aliphatic heterocycles. The van der Waals surface area contributed by atoms with Crippen molar-refractivity contribution in [3.8, 4) is 0 Å². The molecule has 1 amide bonds. The van der Waals surface area contributed by atoms with Gasteiger partial charge in [-0.1, -0.05) is 0 Å². The number of hydrogen-bond acceptors (Lipinski definition) is 4. The summed E-state index contributed by atoms with van der Waals surface area (Å²) in [4.78, 5) is 13.5. The van der Waals surface area contributed by atoms with Crippen LogP contribution in [0.25, 0.3) is 0 Å². The summed E-state index contributed by atoms with van der Waals surface area (Å²) in [7, 11) is -3.41. The summed E-state index contributed by atoms with van der Waals surface area (Å²) < 4.78 is 23.6. The summed E-state index contributed by atoms with van der Waals surface area (Å²) >= 11 is 0. The van der Waals surface area contributed by atoms with Gasteiger partial charge in [-0.2, -0.15) is 0 Å². The van der Waals surface area contributed by atoms with Crippen molar-refractivity contribution in [3.05, 3.63) is 0 Å². The highest BCUT2D eigenvalue weighted by Gasteiger charge is 2.32. The molecule has 1 saturated heterocycles. The number of nitrogens with zero attached hydrogens (tertiary/aromatic N) is 1. The normalized spacial score (nSPS) is 20.8. The summed E-state index contributed by atoms with van der Waals surface area (Å²) in [6, 6.07) is -0.432. The number of rotatable bonds is 4. The SMILES string of the molecule is CC(N)CS(=O)(=O)C(C)C(=O)N1CCCC1. The molecule has 0 aromatic rings. The van der Waals surface area contributed by atoms with Gasteiger partial charge in [-0.3, -0.25) is 4.79 Å². The maximum atomic E-state index is 11.9. The van der Waals surface area contributed by atoms with Crippen LogP contribution in [0.15, 0.2) is 0 Å². The minimum Gasteiger partial charge on any atom is -0.342 e. The third kappa shape index (κ3) is 3.18. The fourth-order valence-electron chi connectivity index (χ4n) is 1.86. The first kappa shape index (κ1) is 13.4. The van der Waals surface area contributed by atoms with Crippen LogP contribution in [0.3, 0.4) is 0 Å². The van der Waals surface area contributed by atoms with Crippen molar-refractivity contribution in [2.75, 3.05) is 18.8 Å². The highest BCUT2D eigenvalue weighted by molar-refractivity contribution is 7.92. The van der Waals surface area contributed by atoms with E-state index in [2.05, 4.69) is 0 Å². The second-order valence-corrected chi connectivity index (χ2v) is 6.85. The number of nitrogens with two attached hydrogens (primary N) is 1. The van der Waals surface area contributed by atoms with Crippen LogP contribution < -0.4 is 5.73 Å². The number of hydrogen-bond donors (Lipinski definition) is 1. The standard InChI is InChI=1S/C10H20N2O3S/c1-8(11)7-16(14,15)9(2)10(13)12-5-3-4-6-12/h8-9H,3-7,11H2,1-2H3. The van der Waals surface area contributed by atoms with Gasteiger partial charge in [0.1, 0.15) is 5.25 Å². The molecule has 0 radical (unpaired) electrons. The van der Waals surface area contributed by atoms with Gasteiger partial charge < -0.3 is 10.6 Å². The van der Waals surface area contributed by atoms with E-state index in [0.29, 0.717) is 13.1 Å². The van der Waals surface area contributed by atoms with Crippen molar-refractivity contribution in [1.29, 1.82) is 0 Å². The third-order valence-electron chi connectivity index (χ3n) is 2.80. The molecule has 0 bridgehead atoms. The summed E-state index contributed by atoms with van der Waals surface area (Å²) in [5.41, 5.74) is 5.47. The summed E-state index contributed by atoms with van der Waals surface area (Å²) in [6.45, 7) is 4.44. The molecule has 5 nitrogen and oxygen atoms in total. The molecule has 0 spiro atoms. The molecule has 2 unspecified atom stereocenters. The molecule has 0 saturated carbocycles. The Hall–Kier alpha value is -0.620. The number of sulfone groups is 1. The lowest BCUT2D eigenvalue weighted by Crippen LogP contribution is -2.43. The Bertz CT molecular complexity index is 345. The van der Waals surface area contributed by atoms with Crippen molar-refractivity contribution in [3.63, 3.8) is 0 Å². The molecule has 1 fully saturated rings. The Balaban J connectivity index is 2.68. The first-order chi connectivity index (χ1) is 7.34. The van der Waals surface area contributed by atoms with E-state index in [4.69, 9.17) is 5.73 Å². The number of amides is 1. The van der Waals surface area contributed by atoms with Gasteiger partial charge in [0.2, 0.25) is 5.91 Å². The molecule has 0 aromatic carbocycles. The van der Waals surface area contributed by atoms with E-state index < -0.39 is 21.1 Å². The summed E-state index contributed by atoms with van der Waals surface area (Å²) in [5, 5.41) is -0.961. The molecule has 94 valence electrons. The Morgan fingerprint density at radius 1 is 1.31 bits per heavy atom. The Morgan fingerprint density at radius 3 is 2.25 bits per heavy atom. The van der Waals surface area contributed by atoms with Crippen LogP contribution in [0, 0.1) is 0 Å². The highest BCUT2D eigenvalue weighted by atomic mass is 32.2. The van der Waals surface area contributed by atoms with Crippen LogP contribution in [0.5, 0.6) is 0 Å². The van der Waals surface area contributed by atoms with E-state index in [1.54, 1.807) is 11.8 Å². The quantitative estimate of drug-likeness (QED) is 0.744. The molecule has 1 heterocycles. The van der Waals surface area contributed by atoms with Crippen LogP contribution in [-0.4, -0.2) is 49.4 Å². The largest absolute Gasteiger partial charge is 0.342 e. The van der Waals surface area contributed by atoms with Crippen molar-refractivity contribution >= 4 is 15.7 Å². The van der Waals surface area contributed by atoms with Gasteiger partial charge in [0.15, 0.2) is 9.84 Å². The van der Waals surface area contributed by atoms with E-state index in [1.807, 2.05) is 0 Å². The van der Waals surface area contributed by atoms with E-state index in [0.717, 1.165) is 12.8 Å². The molecule has 0 aliphatic carbocycles. The van der Waals surface area contributed by atoms with Crippen LogP contribution in [0.1, 0.15) is 26.7 Å². The zero-order valence-electron chi connectivity index (χ0n) is 9.85. The molecule has 6 heteroatoms. The minimum absolute atomic E-state index is 0.131. The second-order valence-electron chi connectivity index (χ2n) is 4.48. The topological polar surface area (TPSA) is 80.5 Å². The monoisotopic (exact) mass is 248 g/mol. The van der Waals surface area contributed by atoms with E-state index in [9.17, 15) is 13.2 Å². The predicted octanol–water partition coefficient (Wildman–Crippen LogP) is -0.241. The molecule has 0 aromatic heterocycles. The molecule has 2 N–H and O–H groups in total. The number of likely N-dealkylation sites (tertiary alicyclic amines) is 1. The summed E-state index contributed by atoms with van der Waals surface area (Å²) in [5.74, 6) is -0.411. The van der Waals surface area contributed by atoms with Gasteiger partial charge >= 0.3 is 0 Å². The fraction of sp³-hybridized carbons (Fsp3) is 0.900. The predicted molar refractivity (Wildman–Crippen MR) is 62.7 cm³/mol. The zero-order valence-corrected chi connectivity index (χ0v) is 10.7. The average molecular weight is 248 g/mol. The third-order valence-corrected chi connectivity index (χ3v) is 5.07. The lowest BCUT2D eigenvalue weighted by Gasteiger charge is -2.21. The highest BCUT2D eigenvalue weighted by Crippen LogP contribution is 2.13. The Morgan fingerprint density at radius 2 is 1.81 bits per heavy atom. The van der Waals surface area contributed by atoms with E-state index in [-0.39, 0.29) is 11.7 Å². The lowest BCUT2D eigenvalue weighted by molar-refractivity contribution is -0.129. The van der Waals surface area contributed by atoms with Crippen molar-refractivity contribution in [1.82, 2.24) is 4.90 Å². The maximum absolute atomic E-state index is 11.9. The van der Waals surface area contributed by atoms with Gasteiger partial charge in [0.25, 0.3) is 0 Å². The molecular formula is C10H20N2O3S. The molecule has 1 rings (SSSR count). The summed E-state index contributed by atoms with van der Waals surface area (Å²) in [6.07, 6.45) is 1.93. The molecule has 16 heavy (non-hydrogen) atoms. The second kappa shape index (κ2) is 5.14. The maximum Gasteiger partial charge on any atom is 0.240 e. The Labute approximate surface area is 96.9 Å². The smallest absolute Gasteiger partial charge is 0.240 e. The number of carbonyl (C=O) groups is 1. The van der Waals surface area contributed by atoms with Crippen LogP contribution in [0.4, 0.5) is 0 Å². The molecular weight excluding hydrogens is 228 g/mol. The van der Waals surface area contributed by atoms with Crippen LogP contribution >= 0.6 is 0 Å². The van der Waals surface area contributed by atoms with Gasteiger partial charge in [-0.25, -0.2) is 8.42 Å². The van der Waals surface area contributed by atoms with Gasteiger partial charge in [0, 0.05) is 19.1 Å². The fourth-order valence-corrected chi connectivity index (χ4v) is 3.34. The van der Waals surface area contributed by atoms with Crippen LogP contribution in [-0.2, 0) is 14.6 Å². The first-order valence-electron chi connectivity index (χ1n) is 5.60.